The van der Waals surface area contributed by atoms with Crippen LogP contribution >= 0.6 is 11.8 Å². The molecule has 3 rings (SSSR count). The van der Waals surface area contributed by atoms with Crippen LogP contribution in [0.25, 0.3) is 0 Å². The van der Waals surface area contributed by atoms with E-state index in [4.69, 9.17) is 9.47 Å². The number of carbonyl (C=O) groups is 1. The summed E-state index contributed by atoms with van der Waals surface area (Å²) in [5.41, 5.74) is -0.217. The second kappa shape index (κ2) is 10.8. The molecular formula is C22H22F2N4O3S. The summed E-state index contributed by atoms with van der Waals surface area (Å²) in [4.78, 5) is 12.2. The summed E-state index contributed by atoms with van der Waals surface area (Å²) in [6, 6.07) is 10.0. The minimum atomic E-state index is -0.716. The SMILES string of the molecule is C=CCn1c(SCC(=O)Nc2cc(F)ccc2F)nnc1C(C)Oc1ccc(OC)cc1. The van der Waals surface area contributed by atoms with Crippen LogP contribution < -0.4 is 14.8 Å². The number of anilines is 1. The second-order valence-corrected chi connectivity index (χ2v) is 7.58. The molecule has 1 aromatic heterocycles. The van der Waals surface area contributed by atoms with Crippen LogP contribution in [0.1, 0.15) is 18.9 Å². The Labute approximate surface area is 188 Å². The van der Waals surface area contributed by atoms with Crippen molar-refractivity contribution in [3.8, 4) is 11.5 Å². The Morgan fingerprint density at radius 3 is 2.62 bits per heavy atom. The van der Waals surface area contributed by atoms with Gasteiger partial charge in [0, 0.05) is 12.6 Å². The molecule has 0 aliphatic heterocycles. The minimum absolute atomic E-state index is 0.0705. The highest BCUT2D eigenvalue weighted by molar-refractivity contribution is 7.99. The molecule has 1 atom stereocenters. The summed E-state index contributed by atoms with van der Waals surface area (Å²) >= 11 is 1.12. The molecule has 7 nitrogen and oxygen atoms in total. The number of nitrogens with one attached hydrogen (secondary N) is 1. The fraction of sp³-hybridized carbons (Fsp3) is 0.227. The van der Waals surface area contributed by atoms with Crippen LogP contribution in [0.3, 0.4) is 0 Å². The number of methoxy groups -OCH3 is 1. The molecule has 0 bridgehead atoms. The average molecular weight is 461 g/mol. The molecular weight excluding hydrogens is 438 g/mol. The highest BCUT2D eigenvalue weighted by Gasteiger charge is 2.20. The number of nitrogens with zero attached hydrogens (tertiary/aromatic N) is 3. The monoisotopic (exact) mass is 460 g/mol. The number of allylic oxidation sites excluding steroid dienone is 1. The largest absolute Gasteiger partial charge is 0.497 e. The molecule has 168 valence electrons. The van der Waals surface area contributed by atoms with Gasteiger partial charge in [0.05, 0.1) is 18.6 Å². The molecule has 1 N–H and O–H groups in total. The van der Waals surface area contributed by atoms with E-state index in [0.29, 0.717) is 23.3 Å². The van der Waals surface area contributed by atoms with Crippen LogP contribution in [0.4, 0.5) is 14.5 Å². The molecule has 2 aromatic carbocycles. The zero-order valence-corrected chi connectivity index (χ0v) is 18.4. The van der Waals surface area contributed by atoms with Crippen molar-refractivity contribution >= 4 is 23.4 Å². The zero-order chi connectivity index (χ0) is 23.1. The van der Waals surface area contributed by atoms with Gasteiger partial charge in [-0.1, -0.05) is 17.8 Å². The normalized spacial score (nSPS) is 11.6. The van der Waals surface area contributed by atoms with Gasteiger partial charge in [0.1, 0.15) is 23.1 Å². The zero-order valence-electron chi connectivity index (χ0n) is 17.5. The van der Waals surface area contributed by atoms with Crippen LogP contribution in [0.2, 0.25) is 0 Å². The molecule has 0 saturated carbocycles. The summed E-state index contributed by atoms with van der Waals surface area (Å²) in [6.07, 6.45) is 1.25. The van der Waals surface area contributed by atoms with Gasteiger partial charge in [0.15, 0.2) is 17.1 Å². The Balaban J connectivity index is 1.67. The summed E-state index contributed by atoms with van der Waals surface area (Å²) in [6.45, 7) is 5.99. The lowest BCUT2D eigenvalue weighted by Gasteiger charge is -2.16. The number of hydrogen-bond acceptors (Lipinski definition) is 6. The van der Waals surface area contributed by atoms with Crippen molar-refractivity contribution in [3.05, 3.63) is 72.6 Å². The van der Waals surface area contributed by atoms with Gasteiger partial charge < -0.3 is 14.8 Å². The molecule has 1 unspecified atom stereocenters. The fourth-order valence-corrected chi connectivity index (χ4v) is 3.58. The number of ether oxygens (including phenoxy) is 2. The van der Waals surface area contributed by atoms with Crippen molar-refractivity contribution in [2.45, 2.75) is 24.7 Å². The number of aromatic nitrogens is 3. The first kappa shape index (κ1) is 23.3. The van der Waals surface area contributed by atoms with Crippen LogP contribution in [0, 0.1) is 11.6 Å². The van der Waals surface area contributed by atoms with Crippen LogP contribution in [-0.4, -0.2) is 33.5 Å². The molecule has 32 heavy (non-hydrogen) atoms. The molecule has 0 spiro atoms. The Morgan fingerprint density at radius 1 is 1.22 bits per heavy atom. The Bertz CT molecular complexity index is 1090. The van der Waals surface area contributed by atoms with Gasteiger partial charge in [-0.2, -0.15) is 0 Å². The van der Waals surface area contributed by atoms with Crippen molar-refractivity contribution in [2.24, 2.45) is 0 Å². The Kier molecular flexibility index (Phi) is 7.82. The number of halogens is 2. The van der Waals surface area contributed by atoms with Crippen molar-refractivity contribution in [1.82, 2.24) is 14.8 Å². The van der Waals surface area contributed by atoms with Crippen molar-refractivity contribution in [2.75, 3.05) is 18.2 Å². The van der Waals surface area contributed by atoms with Gasteiger partial charge in [-0.25, -0.2) is 8.78 Å². The van der Waals surface area contributed by atoms with Gasteiger partial charge in [-0.05, 0) is 43.3 Å². The number of carbonyl (C=O) groups excluding carboxylic acids is 1. The highest BCUT2D eigenvalue weighted by Crippen LogP contribution is 2.26. The topological polar surface area (TPSA) is 78.3 Å². The lowest BCUT2D eigenvalue weighted by atomic mass is 10.3. The van der Waals surface area contributed by atoms with Crippen LogP contribution in [-0.2, 0) is 11.3 Å². The molecule has 0 fully saturated rings. The van der Waals surface area contributed by atoms with E-state index in [2.05, 4.69) is 22.1 Å². The first-order valence-corrected chi connectivity index (χ1v) is 10.6. The number of benzene rings is 2. The summed E-state index contributed by atoms with van der Waals surface area (Å²) in [7, 11) is 1.59. The molecule has 0 aliphatic carbocycles. The smallest absolute Gasteiger partial charge is 0.234 e. The summed E-state index contributed by atoms with van der Waals surface area (Å²) in [5.74, 6) is -0.0237. The van der Waals surface area contributed by atoms with Crippen molar-refractivity contribution in [3.63, 3.8) is 0 Å². The molecule has 1 amide bonds. The minimum Gasteiger partial charge on any atom is -0.497 e. The first-order valence-electron chi connectivity index (χ1n) is 9.63. The van der Waals surface area contributed by atoms with E-state index in [0.717, 1.165) is 35.7 Å². The van der Waals surface area contributed by atoms with Gasteiger partial charge >= 0.3 is 0 Å². The number of thioether (sulfide) groups is 1. The van der Waals surface area contributed by atoms with Gasteiger partial charge in [0.2, 0.25) is 5.91 Å². The van der Waals surface area contributed by atoms with Crippen LogP contribution in [0.15, 0.2) is 60.3 Å². The number of hydrogen-bond donors (Lipinski definition) is 1. The number of amides is 1. The third kappa shape index (κ3) is 5.85. The summed E-state index contributed by atoms with van der Waals surface area (Å²) < 4.78 is 39.9. The van der Waals surface area contributed by atoms with Crippen molar-refractivity contribution in [1.29, 1.82) is 0 Å². The maximum atomic E-state index is 13.7. The molecule has 0 saturated heterocycles. The average Bonchev–Trinajstić information content (AvgIpc) is 3.18. The molecule has 1 heterocycles. The molecule has 0 radical (unpaired) electrons. The Morgan fingerprint density at radius 2 is 1.94 bits per heavy atom. The maximum Gasteiger partial charge on any atom is 0.234 e. The Hall–Kier alpha value is -3.40. The first-order chi connectivity index (χ1) is 15.4. The van der Waals surface area contributed by atoms with E-state index in [1.165, 1.54) is 0 Å². The second-order valence-electron chi connectivity index (χ2n) is 6.64. The van der Waals surface area contributed by atoms with E-state index in [-0.39, 0.29) is 11.4 Å². The van der Waals surface area contributed by atoms with E-state index >= 15 is 0 Å². The van der Waals surface area contributed by atoms with E-state index in [9.17, 15) is 13.6 Å². The lowest BCUT2D eigenvalue weighted by Crippen LogP contribution is -2.16. The fourth-order valence-electron chi connectivity index (χ4n) is 2.83. The van der Waals surface area contributed by atoms with Gasteiger partial charge in [-0.15, -0.1) is 16.8 Å². The van der Waals surface area contributed by atoms with Gasteiger partial charge in [0.25, 0.3) is 0 Å². The number of rotatable bonds is 10. The standard InChI is InChI=1S/C22H22F2N4O3S/c1-4-11-28-21(14(2)31-17-8-6-16(30-3)7-9-17)26-27-22(28)32-13-20(29)25-19-12-15(23)5-10-18(19)24/h4-10,12,14H,1,11,13H2,2-3H3,(H,25,29). The third-order valence-corrected chi connectivity index (χ3v) is 5.29. The van der Waals surface area contributed by atoms with E-state index in [1.807, 2.05) is 6.92 Å². The van der Waals surface area contributed by atoms with E-state index in [1.54, 1.807) is 42.0 Å². The van der Waals surface area contributed by atoms with Crippen molar-refractivity contribution < 1.29 is 23.0 Å². The maximum absolute atomic E-state index is 13.7. The predicted molar refractivity (Wildman–Crippen MR) is 118 cm³/mol. The highest BCUT2D eigenvalue weighted by atomic mass is 32.2. The van der Waals surface area contributed by atoms with Crippen LogP contribution in [0.5, 0.6) is 11.5 Å². The lowest BCUT2D eigenvalue weighted by molar-refractivity contribution is -0.113. The molecule has 3 aromatic rings. The summed E-state index contributed by atoms with van der Waals surface area (Å²) in [5, 5.41) is 11.2. The predicted octanol–water partition coefficient (Wildman–Crippen LogP) is 4.62. The van der Waals surface area contributed by atoms with E-state index < -0.39 is 23.6 Å². The van der Waals surface area contributed by atoms with Gasteiger partial charge in [-0.3, -0.25) is 9.36 Å². The quantitative estimate of drug-likeness (QED) is 0.351. The molecule has 0 aliphatic rings. The third-order valence-electron chi connectivity index (χ3n) is 4.33. The molecule has 10 heteroatoms.